The maximum Gasteiger partial charge on any atom is 0.337 e. The molecule has 1 saturated heterocycles. The van der Waals surface area contributed by atoms with Gasteiger partial charge in [0, 0.05) is 42.5 Å². The number of piperidine rings is 1. The SMILES string of the molecule is Cc1ccccc1CCOc1ccc(-c2cnc(C)c(C(OC(C)(C)C)C(=O)O)c2N2CCC(C)(C)CC2)nc1. The Balaban J connectivity index is 1.68. The number of benzene rings is 1. The van der Waals surface area contributed by atoms with Crippen LogP contribution < -0.4 is 9.64 Å². The third-order valence-corrected chi connectivity index (χ3v) is 7.59. The molecule has 3 heterocycles. The standard InChI is InChI=1S/C33H43N3O4/c1-22-10-8-9-11-24(22)14-19-39-25-12-13-27(35-20-25)26-21-34-23(2)28(30(31(37)38)40-32(3,4)5)29(26)36-17-15-33(6,7)16-18-36/h8-13,20-21,30H,14-19H2,1-7H3,(H,37,38). The molecule has 4 rings (SSSR count). The van der Waals surface area contributed by atoms with Crippen LogP contribution in [-0.2, 0) is 16.0 Å². The van der Waals surface area contributed by atoms with Crippen molar-refractivity contribution >= 4 is 11.7 Å². The Labute approximate surface area is 238 Å². The number of nitrogens with zero attached hydrogens (tertiary/aromatic N) is 3. The van der Waals surface area contributed by atoms with Crippen molar-refractivity contribution in [3.05, 3.63) is 71.2 Å². The first-order valence-electron chi connectivity index (χ1n) is 14.1. The largest absolute Gasteiger partial charge is 0.492 e. The average molecular weight is 546 g/mol. The molecule has 1 unspecified atom stereocenters. The molecule has 40 heavy (non-hydrogen) atoms. The van der Waals surface area contributed by atoms with Crippen molar-refractivity contribution in [1.29, 1.82) is 0 Å². The van der Waals surface area contributed by atoms with Crippen LogP contribution in [-0.4, -0.2) is 46.3 Å². The van der Waals surface area contributed by atoms with Gasteiger partial charge in [-0.25, -0.2) is 4.79 Å². The molecule has 214 valence electrons. The minimum atomic E-state index is -1.15. The first kappa shape index (κ1) is 29.5. The molecule has 2 aromatic heterocycles. The van der Waals surface area contributed by atoms with Gasteiger partial charge in [-0.15, -0.1) is 0 Å². The normalized spacial score (nSPS) is 16.0. The smallest absolute Gasteiger partial charge is 0.337 e. The predicted octanol–water partition coefficient (Wildman–Crippen LogP) is 6.95. The van der Waals surface area contributed by atoms with Crippen LogP contribution in [0.25, 0.3) is 11.3 Å². The first-order chi connectivity index (χ1) is 18.8. The minimum Gasteiger partial charge on any atom is -0.492 e. The number of hydrogen-bond donors (Lipinski definition) is 1. The van der Waals surface area contributed by atoms with Crippen LogP contribution in [0.15, 0.2) is 48.8 Å². The molecule has 1 aliphatic heterocycles. The average Bonchev–Trinajstić information content (AvgIpc) is 2.88. The molecule has 1 atom stereocenters. The lowest BCUT2D eigenvalue weighted by Crippen LogP contribution is -2.39. The molecule has 0 radical (unpaired) electrons. The van der Waals surface area contributed by atoms with E-state index in [-0.39, 0.29) is 5.41 Å². The number of pyridine rings is 2. The van der Waals surface area contributed by atoms with Gasteiger partial charge in [0.1, 0.15) is 5.75 Å². The van der Waals surface area contributed by atoms with Crippen LogP contribution in [0.4, 0.5) is 5.69 Å². The summed E-state index contributed by atoms with van der Waals surface area (Å²) in [4.78, 5) is 24.3. The highest BCUT2D eigenvalue weighted by molar-refractivity contribution is 5.85. The summed E-state index contributed by atoms with van der Waals surface area (Å²) in [5, 5.41) is 10.3. The van der Waals surface area contributed by atoms with Crippen molar-refractivity contribution in [3.63, 3.8) is 0 Å². The van der Waals surface area contributed by atoms with Crippen LogP contribution in [0.2, 0.25) is 0 Å². The van der Waals surface area contributed by atoms with E-state index in [1.165, 1.54) is 11.1 Å². The van der Waals surface area contributed by atoms with Crippen LogP contribution >= 0.6 is 0 Å². The second-order valence-corrected chi connectivity index (χ2v) is 12.5. The highest BCUT2D eigenvalue weighted by Crippen LogP contribution is 2.43. The molecule has 0 spiro atoms. The molecule has 1 fully saturated rings. The van der Waals surface area contributed by atoms with Gasteiger partial charge in [0.15, 0.2) is 6.10 Å². The minimum absolute atomic E-state index is 0.239. The molecule has 1 aromatic carbocycles. The third-order valence-electron chi connectivity index (χ3n) is 7.59. The highest BCUT2D eigenvalue weighted by atomic mass is 16.5. The van der Waals surface area contributed by atoms with Gasteiger partial charge in [-0.1, -0.05) is 38.1 Å². The second kappa shape index (κ2) is 12.0. The second-order valence-electron chi connectivity index (χ2n) is 12.5. The van der Waals surface area contributed by atoms with Gasteiger partial charge in [0.05, 0.1) is 29.8 Å². The number of aliphatic carboxylic acids is 1. The molecule has 1 N–H and O–H groups in total. The number of aryl methyl sites for hydroxylation is 2. The van der Waals surface area contributed by atoms with E-state index in [0.29, 0.717) is 23.6 Å². The number of hydrogen-bond acceptors (Lipinski definition) is 6. The Morgan fingerprint density at radius 1 is 1.05 bits per heavy atom. The number of carboxylic acid groups (broad SMARTS) is 1. The van der Waals surface area contributed by atoms with Gasteiger partial charge in [-0.05, 0) is 76.1 Å². The van der Waals surface area contributed by atoms with E-state index in [2.05, 4.69) is 42.8 Å². The summed E-state index contributed by atoms with van der Waals surface area (Å²) in [6.07, 6.45) is 5.22. The molecular weight excluding hydrogens is 502 g/mol. The molecule has 0 aliphatic carbocycles. The van der Waals surface area contributed by atoms with Crippen LogP contribution in [0.5, 0.6) is 5.75 Å². The number of carboxylic acids is 1. The van der Waals surface area contributed by atoms with E-state index in [9.17, 15) is 9.90 Å². The molecule has 7 heteroatoms. The number of anilines is 1. The zero-order chi connectivity index (χ0) is 29.1. The van der Waals surface area contributed by atoms with Crippen molar-refractivity contribution in [2.45, 2.75) is 79.4 Å². The molecule has 3 aromatic rings. The van der Waals surface area contributed by atoms with Crippen molar-refractivity contribution in [3.8, 4) is 17.0 Å². The maximum atomic E-state index is 12.6. The Kier molecular flexibility index (Phi) is 8.83. The van der Waals surface area contributed by atoms with E-state index in [1.54, 1.807) is 6.20 Å². The Hall–Kier alpha value is -3.45. The van der Waals surface area contributed by atoms with E-state index in [0.717, 1.165) is 49.3 Å². The van der Waals surface area contributed by atoms with Crippen molar-refractivity contribution < 1.29 is 19.4 Å². The summed E-state index contributed by atoms with van der Waals surface area (Å²) in [5.74, 6) is -0.334. The van der Waals surface area contributed by atoms with Gasteiger partial charge >= 0.3 is 5.97 Å². The number of aromatic nitrogens is 2. The number of carbonyl (C=O) groups is 1. The van der Waals surface area contributed by atoms with E-state index in [4.69, 9.17) is 14.5 Å². The molecular formula is C33H43N3O4. The maximum absolute atomic E-state index is 12.6. The van der Waals surface area contributed by atoms with E-state index < -0.39 is 17.7 Å². The van der Waals surface area contributed by atoms with Gasteiger partial charge in [0.25, 0.3) is 0 Å². The fraction of sp³-hybridized carbons (Fsp3) is 0.485. The summed E-state index contributed by atoms with van der Waals surface area (Å²) < 4.78 is 12.1. The van der Waals surface area contributed by atoms with Gasteiger partial charge in [0.2, 0.25) is 0 Å². The summed E-state index contributed by atoms with van der Waals surface area (Å²) in [6, 6.07) is 12.2. The summed E-state index contributed by atoms with van der Waals surface area (Å²) >= 11 is 0. The zero-order valence-electron chi connectivity index (χ0n) is 25.0. The lowest BCUT2D eigenvalue weighted by molar-refractivity contribution is -0.160. The fourth-order valence-electron chi connectivity index (χ4n) is 5.17. The van der Waals surface area contributed by atoms with Crippen molar-refractivity contribution in [2.75, 3.05) is 24.6 Å². The van der Waals surface area contributed by atoms with Crippen LogP contribution in [0, 0.1) is 19.3 Å². The number of rotatable bonds is 9. The Bertz CT molecular complexity index is 1320. The number of ether oxygens (including phenoxy) is 2. The topological polar surface area (TPSA) is 84.8 Å². The van der Waals surface area contributed by atoms with Crippen molar-refractivity contribution in [2.24, 2.45) is 5.41 Å². The summed E-state index contributed by atoms with van der Waals surface area (Å²) in [7, 11) is 0. The van der Waals surface area contributed by atoms with Crippen molar-refractivity contribution in [1.82, 2.24) is 9.97 Å². The lowest BCUT2D eigenvalue weighted by Gasteiger charge is -2.40. The third kappa shape index (κ3) is 7.19. The van der Waals surface area contributed by atoms with Gasteiger partial charge < -0.3 is 19.5 Å². The van der Waals surface area contributed by atoms with Crippen LogP contribution in [0.3, 0.4) is 0 Å². The molecule has 0 saturated carbocycles. The lowest BCUT2D eigenvalue weighted by atomic mass is 9.82. The quantitative estimate of drug-likeness (QED) is 0.311. The first-order valence-corrected chi connectivity index (χ1v) is 14.1. The van der Waals surface area contributed by atoms with Gasteiger partial charge in [-0.3, -0.25) is 9.97 Å². The monoisotopic (exact) mass is 545 g/mol. The summed E-state index contributed by atoms with van der Waals surface area (Å²) in [6.45, 7) is 16.3. The van der Waals surface area contributed by atoms with Gasteiger partial charge in [-0.2, -0.15) is 0 Å². The zero-order valence-corrected chi connectivity index (χ0v) is 25.0. The Morgan fingerprint density at radius 2 is 1.75 bits per heavy atom. The van der Waals surface area contributed by atoms with E-state index >= 15 is 0 Å². The van der Waals surface area contributed by atoms with E-state index in [1.807, 2.05) is 58.2 Å². The predicted molar refractivity (Wildman–Crippen MR) is 159 cm³/mol. The molecule has 0 amide bonds. The molecule has 1 aliphatic rings. The summed E-state index contributed by atoms with van der Waals surface area (Å²) in [5.41, 5.74) is 5.73. The fourth-order valence-corrected chi connectivity index (χ4v) is 5.17. The van der Waals surface area contributed by atoms with Crippen LogP contribution in [0.1, 0.15) is 75.9 Å². The Morgan fingerprint density at radius 3 is 2.35 bits per heavy atom. The highest BCUT2D eigenvalue weighted by Gasteiger charge is 2.36. The molecule has 0 bridgehead atoms. The molecule has 7 nitrogen and oxygen atoms in total.